The molecule has 3 rings (SSSR count). The van der Waals surface area contributed by atoms with Gasteiger partial charge in [0.2, 0.25) is 0 Å². The van der Waals surface area contributed by atoms with Crippen LogP contribution in [0.25, 0.3) is 0 Å². The topological polar surface area (TPSA) is 43.8 Å². The largest absolute Gasteiger partial charge is 0.481 e. The van der Waals surface area contributed by atoms with E-state index in [1.807, 2.05) is 11.8 Å². The maximum absolute atomic E-state index is 11.0. The van der Waals surface area contributed by atoms with E-state index < -0.39 is 5.97 Å². The lowest BCUT2D eigenvalue weighted by Gasteiger charge is -2.45. The highest BCUT2D eigenvalue weighted by Gasteiger charge is 2.37. The molecule has 0 spiro atoms. The Balaban J connectivity index is 1.63. The van der Waals surface area contributed by atoms with E-state index >= 15 is 0 Å². The van der Waals surface area contributed by atoms with Crippen LogP contribution in [0.3, 0.4) is 0 Å². The fraction of sp³-hybridized carbons (Fsp3) is 0.929. The molecular weight excluding hydrogens is 260 g/mol. The third kappa shape index (κ3) is 3.09. The van der Waals surface area contributed by atoms with Gasteiger partial charge < -0.3 is 10.0 Å². The summed E-state index contributed by atoms with van der Waals surface area (Å²) in [6.07, 6.45) is 5.52. The number of piperidine rings is 1. The molecule has 3 unspecified atom stereocenters. The third-order valence-corrected chi connectivity index (χ3v) is 6.04. The van der Waals surface area contributed by atoms with Gasteiger partial charge >= 0.3 is 5.97 Å². The second-order valence-corrected chi connectivity index (χ2v) is 7.22. The van der Waals surface area contributed by atoms with Crippen LogP contribution in [-0.4, -0.2) is 70.1 Å². The van der Waals surface area contributed by atoms with Gasteiger partial charge in [-0.25, -0.2) is 0 Å². The summed E-state index contributed by atoms with van der Waals surface area (Å²) in [7, 11) is 0. The van der Waals surface area contributed by atoms with Crippen LogP contribution in [0.1, 0.15) is 32.1 Å². The number of thioether (sulfide) groups is 1. The zero-order valence-corrected chi connectivity index (χ0v) is 12.3. The first kappa shape index (κ1) is 13.7. The average Bonchev–Trinajstić information content (AvgIpc) is 2.86. The Labute approximate surface area is 119 Å². The molecule has 1 N–H and O–H groups in total. The van der Waals surface area contributed by atoms with E-state index in [1.165, 1.54) is 44.5 Å². The van der Waals surface area contributed by atoms with Gasteiger partial charge in [-0.05, 0) is 38.8 Å². The Morgan fingerprint density at radius 2 is 2.11 bits per heavy atom. The highest BCUT2D eigenvalue weighted by Crippen LogP contribution is 2.32. The molecule has 0 aromatic carbocycles. The molecule has 108 valence electrons. The zero-order chi connectivity index (χ0) is 13.2. The lowest BCUT2D eigenvalue weighted by atomic mass is 9.94. The number of carboxylic acids is 1. The molecule has 0 aliphatic carbocycles. The molecule has 0 amide bonds. The minimum Gasteiger partial charge on any atom is -0.481 e. The van der Waals surface area contributed by atoms with Gasteiger partial charge in [0.05, 0.1) is 6.42 Å². The summed E-state index contributed by atoms with van der Waals surface area (Å²) >= 11 is 1.92. The van der Waals surface area contributed by atoms with Crippen molar-refractivity contribution >= 4 is 17.7 Å². The third-order valence-electron chi connectivity index (χ3n) is 4.95. The van der Waals surface area contributed by atoms with E-state index in [1.54, 1.807) is 0 Å². The average molecular weight is 284 g/mol. The smallest absolute Gasteiger partial charge is 0.304 e. The molecule has 0 aromatic heterocycles. The van der Waals surface area contributed by atoms with Gasteiger partial charge in [-0.15, -0.1) is 0 Å². The number of nitrogens with zero attached hydrogens (tertiary/aromatic N) is 2. The Morgan fingerprint density at radius 1 is 1.21 bits per heavy atom. The normalized spacial score (nSPS) is 37.2. The summed E-state index contributed by atoms with van der Waals surface area (Å²) in [4.78, 5) is 16.2. The van der Waals surface area contributed by atoms with Crippen molar-refractivity contribution in [3.8, 4) is 0 Å². The summed E-state index contributed by atoms with van der Waals surface area (Å²) in [5, 5.41) is 9.09. The number of carboxylic acid groups (broad SMARTS) is 1. The fourth-order valence-electron chi connectivity index (χ4n) is 4.03. The monoisotopic (exact) mass is 284 g/mol. The second kappa shape index (κ2) is 6.02. The summed E-state index contributed by atoms with van der Waals surface area (Å²) in [6.45, 7) is 3.59. The predicted molar refractivity (Wildman–Crippen MR) is 77.7 cm³/mol. The van der Waals surface area contributed by atoms with E-state index in [0.29, 0.717) is 12.5 Å². The molecule has 0 bridgehead atoms. The SMILES string of the molecule is O=C(O)CC1CSCCN1C1CCN2CCCC2C1. The van der Waals surface area contributed by atoms with Crippen molar-refractivity contribution < 1.29 is 9.90 Å². The van der Waals surface area contributed by atoms with Crippen LogP contribution in [0.4, 0.5) is 0 Å². The van der Waals surface area contributed by atoms with Gasteiger partial charge in [0.25, 0.3) is 0 Å². The van der Waals surface area contributed by atoms with Crippen molar-refractivity contribution in [3.63, 3.8) is 0 Å². The first-order chi connectivity index (χ1) is 9.24. The number of hydrogen-bond donors (Lipinski definition) is 1. The zero-order valence-electron chi connectivity index (χ0n) is 11.5. The molecule has 19 heavy (non-hydrogen) atoms. The van der Waals surface area contributed by atoms with E-state index in [-0.39, 0.29) is 6.04 Å². The lowest BCUT2D eigenvalue weighted by Crippen LogP contribution is -2.54. The van der Waals surface area contributed by atoms with Crippen molar-refractivity contribution in [2.75, 3.05) is 31.1 Å². The molecule has 0 saturated carbocycles. The molecule has 0 aromatic rings. The van der Waals surface area contributed by atoms with Crippen LogP contribution in [0.15, 0.2) is 0 Å². The summed E-state index contributed by atoms with van der Waals surface area (Å²) in [5.41, 5.74) is 0. The molecule has 4 nitrogen and oxygen atoms in total. The van der Waals surface area contributed by atoms with Gasteiger partial charge in [-0.1, -0.05) is 0 Å². The Hall–Kier alpha value is -0.260. The standard InChI is InChI=1S/C14H24N2O2S/c17-14(18)9-13-10-19-7-6-16(13)12-3-5-15-4-1-2-11(15)8-12/h11-13H,1-10H2,(H,17,18). The van der Waals surface area contributed by atoms with Crippen molar-refractivity contribution in [3.05, 3.63) is 0 Å². The van der Waals surface area contributed by atoms with Crippen molar-refractivity contribution in [1.82, 2.24) is 9.80 Å². The maximum Gasteiger partial charge on any atom is 0.304 e. The number of hydrogen-bond acceptors (Lipinski definition) is 4. The van der Waals surface area contributed by atoms with Gasteiger partial charge in [0, 0.05) is 36.2 Å². The van der Waals surface area contributed by atoms with Crippen LogP contribution >= 0.6 is 11.8 Å². The summed E-state index contributed by atoms with van der Waals surface area (Å²) in [5.74, 6) is 1.52. The summed E-state index contributed by atoms with van der Waals surface area (Å²) < 4.78 is 0. The second-order valence-electron chi connectivity index (χ2n) is 6.07. The number of carbonyl (C=O) groups is 1. The Morgan fingerprint density at radius 3 is 2.95 bits per heavy atom. The van der Waals surface area contributed by atoms with Gasteiger partial charge in [0.15, 0.2) is 0 Å². The van der Waals surface area contributed by atoms with Crippen molar-refractivity contribution in [2.45, 2.75) is 50.2 Å². The minimum absolute atomic E-state index is 0.259. The molecular formula is C14H24N2O2S. The molecule has 3 atom stereocenters. The number of fused-ring (bicyclic) bond motifs is 1. The number of rotatable bonds is 3. The van der Waals surface area contributed by atoms with Gasteiger partial charge in [-0.2, -0.15) is 11.8 Å². The minimum atomic E-state index is -0.643. The predicted octanol–water partition coefficient (Wildman–Crippen LogP) is 1.51. The van der Waals surface area contributed by atoms with Crippen LogP contribution in [0, 0.1) is 0 Å². The highest BCUT2D eigenvalue weighted by atomic mass is 32.2. The molecule has 3 aliphatic heterocycles. The van der Waals surface area contributed by atoms with Gasteiger partial charge in [-0.3, -0.25) is 9.69 Å². The molecule has 3 aliphatic rings. The van der Waals surface area contributed by atoms with Crippen LogP contribution in [0.5, 0.6) is 0 Å². The Kier molecular flexibility index (Phi) is 4.34. The molecule has 0 radical (unpaired) electrons. The van der Waals surface area contributed by atoms with Crippen LogP contribution in [-0.2, 0) is 4.79 Å². The van der Waals surface area contributed by atoms with E-state index in [2.05, 4.69) is 9.80 Å². The molecule has 5 heteroatoms. The first-order valence-corrected chi connectivity index (χ1v) is 8.69. The van der Waals surface area contributed by atoms with Crippen molar-refractivity contribution in [1.29, 1.82) is 0 Å². The van der Waals surface area contributed by atoms with E-state index in [9.17, 15) is 4.79 Å². The summed E-state index contributed by atoms with van der Waals surface area (Å²) in [6, 6.07) is 1.66. The molecule has 3 fully saturated rings. The fourth-order valence-corrected chi connectivity index (χ4v) is 5.12. The van der Waals surface area contributed by atoms with Gasteiger partial charge in [0.1, 0.15) is 0 Å². The van der Waals surface area contributed by atoms with E-state index in [0.717, 1.165) is 18.3 Å². The quantitative estimate of drug-likeness (QED) is 0.851. The lowest BCUT2D eigenvalue weighted by molar-refractivity contribution is -0.138. The van der Waals surface area contributed by atoms with E-state index in [4.69, 9.17) is 5.11 Å². The number of aliphatic carboxylic acids is 1. The van der Waals surface area contributed by atoms with Crippen molar-refractivity contribution in [2.24, 2.45) is 0 Å². The van der Waals surface area contributed by atoms with Crippen LogP contribution < -0.4 is 0 Å². The Bertz CT molecular complexity index is 339. The maximum atomic E-state index is 11.0. The molecule has 3 heterocycles. The molecule has 3 saturated heterocycles. The first-order valence-electron chi connectivity index (χ1n) is 7.53. The van der Waals surface area contributed by atoms with Crippen LogP contribution in [0.2, 0.25) is 0 Å². The highest BCUT2D eigenvalue weighted by molar-refractivity contribution is 7.99.